The summed E-state index contributed by atoms with van der Waals surface area (Å²) in [6.07, 6.45) is -0.103. The highest BCUT2D eigenvalue weighted by atomic mass is 32.1. The van der Waals surface area contributed by atoms with Gasteiger partial charge in [-0.15, -0.1) is 11.3 Å². The fourth-order valence-corrected chi connectivity index (χ4v) is 3.20. The largest absolute Gasteiger partial charge is 0.420 e. The van der Waals surface area contributed by atoms with E-state index in [-0.39, 0.29) is 23.9 Å². The third-order valence-corrected chi connectivity index (χ3v) is 4.57. The van der Waals surface area contributed by atoms with Gasteiger partial charge in [-0.2, -0.15) is 0 Å². The summed E-state index contributed by atoms with van der Waals surface area (Å²) in [7, 11) is 0. The fourth-order valence-electron chi connectivity index (χ4n) is 2.38. The molecule has 2 aromatic heterocycles. The van der Waals surface area contributed by atoms with Gasteiger partial charge in [0.2, 0.25) is 0 Å². The second-order valence-electron chi connectivity index (χ2n) is 5.14. The van der Waals surface area contributed by atoms with Gasteiger partial charge in [0.15, 0.2) is 5.58 Å². The van der Waals surface area contributed by atoms with Gasteiger partial charge < -0.3 is 9.15 Å². The lowest BCUT2D eigenvalue weighted by Crippen LogP contribution is -2.15. The molecule has 9 heteroatoms. The molecular formula is C15H15N3O5S. The van der Waals surface area contributed by atoms with Crippen LogP contribution in [-0.4, -0.2) is 21.1 Å². The minimum atomic E-state index is -0.571. The van der Waals surface area contributed by atoms with Gasteiger partial charge in [0, 0.05) is 18.1 Å². The number of non-ortho nitro benzene ring substituents is 1. The van der Waals surface area contributed by atoms with E-state index in [0.717, 1.165) is 5.01 Å². The van der Waals surface area contributed by atoms with Crippen LogP contribution < -0.4 is 5.76 Å². The molecular weight excluding hydrogens is 334 g/mol. The molecule has 24 heavy (non-hydrogen) atoms. The van der Waals surface area contributed by atoms with E-state index < -0.39 is 10.7 Å². The second kappa shape index (κ2) is 6.54. The molecule has 1 atom stereocenters. The van der Waals surface area contributed by atoms with Crippen molar-refractivity contribution in [3.8, 4) is 0 Å². The van der Waals surface area contributed by atoms with Gasteiger partial charge in [0.25, 0.3) is 5.69 Å². The molecule has 0 amide bonds. The first-order valence-corrected chi connectivity index (χ1v) is 8.21. The molecule has 3 rings (SSSR count). The van der Waals surface area contributed by atoms with E-state index in [9.17, 15) is 14.9 Å². The van der Waals surface area contributed by atoms with Gasteiger partial charge in [-0.1, -0.05) is 0 Å². The summed E-state index contributed by atoms with van der Waals surface area (Å²) in [5.74, 6) is -0.571. The number of hydrogen-bond acceptors (Lipinski definition) is 7. The molecule has 0 aliphatic rings. The topological polar surface area (TPSA) is 100 Å². The first kappa shape index (κ1) is 16.3. The average Bonchev–Trinajstić information content (AvgIpc) is 3.13. The zero-order valence-corrected chi connectivity index (χ0v) is 13.9. The van der Waals surface area contributed by atoms with Gasteiger partial charge >= 0.3 is 5.76 Å². The van der Waals surface area contributed by atoms with E-state index in [1.165, 1.54) is 34.1 Å². The van der Waals surface area contributed by atoms with E-state index in [1.54, 1.807) is 0 Å². The Labute approximate surface area is 140 Å². The Kier molecular flexibility index (Phi) is 4.45. The van der Waals surface area contributed by atoms with Crippen LogP contribution in [0.5, 0.6) is 0 Å². The van der Waals surface area contributed by atoms with E-state index in [2.05, 4.69) is 4.98 Å². The van der Waals surface area contributed by atoms with Gasteiger partial charge in [-0.25, -0.2) is 9.78 Å². The number of fused-ring (bicyclic) bond motifs is 1. The molecule has 126 valence electrons. The van der Waals surface area contributed by atoms with Crippen LogP contribution in [0.15, 0.2) is 32.8 Å². The normalized spacial score (nSPS) is 12.6. The molecule has 0 aliphatic heterocycles. The number of rotatable bonds is 6. The maximum absolute atomic E-state index is 12.0. The van der Waals surface area contributed by atoms with E-state index in [0.29, 0.717) is 17.8 Å². The van der Waals surface area contributed by atoms with Crippen molar-refractivity contribution in [3.63, 3.8) is 0 Å². The number of hydrogen-bond donors (Lipinski definition) is 0. The van der Waals surface area contributed by atoms with Crippen LogP contribution in [0.2, 0.25) is 0 Å². The molecule has 0 saturated heterocycles. The smallest absolute Gasteiger partial charge is 0.407 e. The van der Waals surface area contributed by atoms with Crippen molar-refractivity contribution in [2.45, 2.75) is 26.5 Å². The fraction of sp³-hybridized carbons (Fsp3) is 0.333. The number of thiazole rings is 1. The van der Waals surface area contributed by atoms with Crippen molar-refractivity contribution in [3.05, 3.63) is 54.9 Å². The Hall–Kier alpha value is -2.52. The monoisotopic (exact) mass is 349 g/mol. The molecule has 1 aromatic carbocycles. The molecule has 0 unspecified atom stereocenters. The van der Waals surface area contributed by atoms with Crippen LogP contribution in [0.25, 0.3) is 11.1 Å². The first-order valence-electron chi connectivity index (χ1n) is 7.33. The highest BCUT2D eigenvalue weighted by Crippen LogP contribution is 2.23. The predicted octanol–water partition coefficient (Wildman–Crippen LogP) is 3.11. The minimum absolute atomic E-state index is 0.103. The number of aromatic nitrogens is 2. The lowest BCUT2D eigenvalue weighted by molar-refractivity contribution is -0.384. The summed E-state index contributed by atoms with van der Waals surface area (Å²) in [5.41, 5.74) is 1.28. The molecule has 3 aromatic rings. The number of nitro benzene ring substituents is 1. The van der Waals surface area contributed by atoms with Crippen LogP contribution in [0.4, 0.5) is 5.69 Å². The third kappa shape index (κ3) is 3.08. The maximum atomic E-state index is 12.0. The molecule has 0 saturated carbocycles. The highest BCUT2D eigenvalue weighted by Gasteiger charge is 2.16. The van der Waals surface area contributed by atoms with E-state index >= 15 is 0 Å². The van der Waals surface area contributed by atoms with Crippen LogP contribution in [0, 0.1) is 10.1 Å². The van der Waals surface area contributed by atoms with Crippen molar-refractivity contribution in [1.29, 1.82) is 0 Å². The molecule has 0 radical (unpaired) electrons. The van der Waals surface area contributed by atoms with Crippen molar-refractivity contribution in [1.82, 2.24) is 9.55 Å². The van der Waals surface area contributed by atoms with Crippen LogP contribution >= 0.6 is 11.3 Å². The zero-order valence-electron chi connectivity index (χ0n) is 13.1. The molecule has 0 fully saturated rings. The predicted molar refractivity (Wildman–Crippen MR) is 88.4 cm³/mol. The summed E-state index contributed by atoms with van der Waals surface area (Å²) in [6, 6.07) is 4.10. The van der Waals surface area contributed by atoms with Crippen molar-refractivity contribution >= 4 is 28.1 Å². The molecule has 0 bridgehead atoms. The summed E-state index contributed by atoms with van der Waals surface area (Å²) in [5, 5.41) is 13.5. The third-order valence-electron chi connectivity index (χ3n) is 3.52. The highest BCUT2D eigenvalue weighted by molar-refractivity contribution is 7.09. The average molecular weight is 349 g/mol. The quantitative estimate of drug-likeness (QED) is 0.501. The van der Waals surface area contributed by atoms with Gasteiger partial charge in [-0.05, 0) is 19.9 Å². The Balaban J connectivity index is 1.91. The molecule has 0 aliphatic carbocycles. The van der Waals surface area contributed by atoms with Gasteiger partial charge in [0.05, 0.1) is 28.7 Å². The standard InChI is InChI=1S/C15H15N3O5S/c1-3-22-9(2)14-16-10(8-24-14)7-17-12-5-4-11(18(20)21)6-13(12)23-15(17)19/h4-6,8-9H,3,7H2,1-2H3/t9-/m0/s1. The Bertz CT molecular complexity index is 942. The second-order valence-corrected chi connectivity index (χ2v) is 6.03. The molecule has 0 spiro atoms. The van der Waals surface area contributed by atoms with Crippen molar-refractivity contribution in [2.75, 3.05) is 6.61 Å². The zero-order chi connectivity index (χ0) is 17.3. The lowest BCUT2D eigenvalue weighted by atomic mass is 10.3. The summed E-state index contributed by atoms with van der Waals surface area (Å²) in [6.45, 7) is 4.67. The molecule has 0 N–H and O–H groups in total. The minimum Gasteiger partial charge on any atom is -0.407 e. The number of nitrogens with zero attached hydrogens (tertiary/aromatic N) is 3. The Morgan fingerprint density at radius 1 is 1.50 bits per heavy atom. The summed E-state index contributed by atoms with van der Waals surface area (Å²) in [4.78, 5) is 26.8. The van der Waals surface area contributed by atoms with Gasteiger partial charge in [0.1, 0.15) is 11.1 Å². The summed E-state index contributed by atoms with van der Waals surface area (Å²) >= 11 is 1.47. The van der Waals surface area contributed by atoms with E-state index in [4.69, 9.17) is 9.15 Å². The van der Waals surface area contributed by atoms with Crippen LogP contribution in [0.1, 0.15) is 30.7 Å². The number of ether oxygens (including phenoxy) is 1. The maximum Gasteiger partial charge on any atom is 0.420 e. The van der Waals surface area contributed by atoms with Crippen molar-refractivity contribution < 1.29 is 14.1 Å². The first-order chi connectivity index (χ1) is 11.5. The van der Waals surface area contributed by atoms with Crippen LogP contribution in [-0.2, 0) is 11.3 Å². The molecule has 8 nitrogen and oxygen atoms in total. The number of nitro groups is 1. The Morgan fingerprint density at radius 3 is 3.00 bits per heavy atom. The van der Waals surface area contributed by atoms with Crippen molar-refractivity contribution in [2.24, 2.45) is 0 Å². The number of oxazole rings is 1. The SMILES string of the molecule is CCO[C@@H](C)c1nc(Cn2c(=O)oc3cc([N+](=O)[O-])ccc32)cs1. The van der Waals surface area contributed by atoms with Gasteiger partial charge in [-0.3, -0.25) is 14.7 Å². The summed E-state index contributed by atoms with van der Waals surface area (Å²) < 4.78 is 12.0. The lowest BCUT2D eigenvalue weighted by Gasteiger charge is -2.07. The Morgan fingerprint density at radius 2 is 2.29 bits per heavy atom. The molecule has 2 heterocycles. The van der Waals surface area contributed by atoms with E-state index in [1.807, 2.05) is 19.2 Å². The number of benzene rings is 1. The van der Waals surface area contributed by atoms with Crippen LogP contribution in [0.3, 0.4) is 0 Å².